The molecule has 20 heavy (non-hydrogen) atoms. The van der Waals surface area contributed by atoms with Gasteiger partial charge in [-0.2, -0.15) is 0 Å². The molecule has 1 saturated heterocycles. The number of hydrogen-bond donors (Lipinski definition) is 1. The maximum absolute atomic E-state index is 12.1. The number of piperazine rings is 1. The van der Waals surface area contributed by atoms with Gasteiger partial charge in [-0.15, -0.1) is 0 Å². The third kappa shape index (κ3) is 3.80. The van der Waals surface area contributed by atoms with E-state index in [1.807, 2.05) is 24.8 Å². The molecule has 0 bridgehead atoms. The largest absolute Gasteiger partial charge is 0.360 e. The molecule has 1 aliphatic heterocycles. The maximum Gasteiger partial charge on any atom is 0.239 e. The van der Waals surface area contributed by atoms with Crippen LogP contribution >= 0.6 is 0 Å². The van der Waals surface area contributed by atoms with Crippen LogP contribution in [-0.4, -0.2) is 53.1 Å². The van der Waals surface area contributed by atoms with Gasteiger partial charge in [0, 0.05) is 32.2 Å². The van der Waals surface area contributed by atoms with Gasteiger partial charge in [0.2, 0.25) is 5.91 Å². The second-order valence-electron chi connectivity index (χ2n) is 5.43. The predicted octanol–water partition coefficient (Wildman–Crippen LogP) is 0.755. The number of aromatic nitrogens is 1. The fourth-order valence-electron chi connectivity index (χ4n) is 2.51. The molecule has 1 aromatic heterocycles. The van der Waals surface area contributed by atoms with Crippen LogP contribution in [0.3, 0.4) is 0 Å². The van der Waals surface area contributed by atoms with Gasteiger partial charge in [0.1, 0.15) is 0 Å². The van der Waals surface area contributed by atoms with Crippen molar-refractivity contribution >= 4 is 5.91 Å². The van der Waals surface area contributed by atoms with Crippen LogP contribution in [0.25, 0.3) is 0 Å². The molecule has 0 radical (unpaired) electrons. The molecule has 2 rings (SSSR count). The first-order chi connectivity index (χ1) is 9.60. The molecule has 112 valence electrons. The molecule has 2 heterocycles. The SMILES string of the molecule is CCCC(N)C(=O)N1CCN(Cc2cc(C)no2)CC1. The number of nitrogens with zero attached hydrogens (tertiary/aromatic N) is 3. The van der Waals surface area contributed by atoms with Gasteiger partial charge in [0.25, 0.3) is 0 Å². The summed E-state index contributed by atoms with van der Waals surface area (Å²) in [6, 6.07) is 1.61. The van der Waals surface area contributed by atoms with E-state index in [1.54, 1.807) is 0 Å². The van der Waals surface area contributed by atoms with Crippen LogP contribution in [0.15, 0.2) is 10.6 Å². The van der Waals surface area contributed by atoms with Crippen molar-refractivity contribution in [1.29, 1.82) is 0 Å². The fourth-order valence-corrected chi connectivity index (χ4v) is 2.51. The minimum atomic E-state index is -0.344. The van der Waals surface area contributed by atoms with Gasteiger partial charge in [-0.3, -0.25) is 9.69 Å². The number of aryl methyl sites for hydroxylation is 1. The second kappa shape index (κ2) is 6.85. The molecule has 1 amide bonds. The highest BCUT2D eigenvalue weighted by Gasteiger charge is 2.25. The summed E-state index contributed by atoms with van der Waals surface area (Å²) in [7, 11) is 0. The predicted molar refractivity (Wildman–Crippen MR) is 76.0 cm³/mol. The van der Waals surface area contributed by atoms with Crippen molar-refractivity contribution in [2.45, 2.75) is 39.3 Å². The normalized spacial score (nSPS) is 18.2. The zero-order valence-corrected chi connectivity index (χ0v) is 12.3. The van der Waals surface area contributed by atoms with Crippen LogP contribution < -0.4 is 5.73 Å². The lowest BCUT2D eigenvalue weighted by molar-refractivity contribution is -0.134. The van der Waals surface area contributed by atoms with Gasteiger partial charge < -0.3 is 15.2 Å². The minimum absolute atomic E-state index is 0.0852. The highest BCUT2D eigenvalue weighted by Crippen LogP contribution is 2.11. The van der Waals surface area contributed by atoms with Crippen LogP contribution in [0.2, 0.25) is 0 Å². The zero-order valence-electron chi connectivity index (χ0n) is 12.3. The first-order valence-electron chi connectivity index (χ1n) is 7.29. The van der Waals surface area contributed by atoms with E-state index in [1.165, 1.54) is 0 Å². The van der Waals surface area contributed by atoms with Crippen molar-refractivity contribution < 1.29 is 9.32 Å². The van der Waals surface area contributed by atoms with Crippen LogP contribution in [0.5, 0.6) is 0 Å². The molecule has 1 aliphatic rings. The summed E-state index contributed by atoms with van der Waals surface area (Å²) in [5.74, 6) is 0.965. The average molecular weight is 280 g/mol. The van der Waals surface area contributed by atoms with Crippen molar-refractivity contribution in [3.8, 4) is 0 Å². The summed E-state index contributed by atoms with van der Waals surface area (Å²) >= 11 is 0. The number of hydrogen-bond acceptors (Lipinski definition) is 5. The molecule has 6 heteroatoms. The first-order valence-corrected chi connectivity index (χ1v) is 7.29. The van der Waals surface area contributed by atoms with Crippen LogP contribution in [0.4, 0.5) is 0 Å². The molecule has 0 saturated carbocycles. The molecule has 0 spiro atoms. The van der Waals surface area contributed by atoms with E-state index in [2.05, 4.69) is 10.1 Å². The Morgan fingerprint density at radius 3 is 2.70 bits per heavy atom. The van der Waals surface area contributed by atoms with Crippen molar-refractivity contribution in [1.82, 2.24) is 15.0 Å². The van der Waals surface area contributed by atoms with E-state index in [4.69, 9.17) is 10.3 Å². The quantitative estimate of drug-likeness (QED) is 0.861. The minimum Gasteiger partial charge on any atom is -0.360 e. The zero-order chi connectivity index (χ0) is 14.5. The number of rotatable bonds is 5. The number of carbonyl (C=O) groups is 1. The Bertz CT molecular complexity index is 438. The first kappa shape index (κ1) is 15.0. The molecule has 2 N–H and O–H groups in total. The van der Waals surface area contributed by atoms with Gasteiger partial charge in [-0.05, 0) is 13.3 Å². The Kier molecular flexibility index (Phi) is 5.14. The highest BCUT2D eigenvalue weighted by molar-refractivity contribution is 5.81. The summed E-state index contributed by atoms with van der Waals surface area (Å²) in [6.07, 6.45) is 1.70. The number of nitrogens with two attached hydrogens (primary N) is 1. The van der Waals surface area contributed by atoms with Crippen LogP contribution in [0.1, 0.15) is 31.2 Å². The topological polar surface area (TPSA) is 75.6 Å². The second-order valence-corrected chi connectivity index (χ2v) is 5.43. The van der Waals surface area contributed by atoms with Gasteiger partial charge in [0.15, 0.2) is 5.76 Å². The lowest BCUT2D eigenvalue weighted by Crippen LogP contribution is -2.52. The summed E-state index contributed by atoms with van der Waals surface area (Å²) in [4.78, 5) is 16.3. The highest BCUT2D eigenvalue weighted by atomic mass is 16.5. The lowest BCUT2D eigenvalue weighted by Gasteiger charge is -2.35. The molecule has 6 nitrogen and oxygen atoms in total. The van der Waals surface area contributed by atoms with E-state index in [0.717, 1.165) is 57.0 Å². The Labute approximate surface area is 119 Å². The average Bonchev–Trinajstić information content (AvgIpc) is 2.84. The van der Waals surface area contributed by atoms with E-state index >= 15 is 0 Å². The van der Waals surface area contributed by atoms with Crippen molar-refractivity contribution in [3.05, 3.63) is 17.5 Å². The third-order valence-electron chi connectivity index (χ3n) is 3.66. The van der Waals surface area contributed by atoms with E-state index in [9.17, 15) is 4.79 Å². The Morgan fingerprint density at radius 1 is 1.45 bits per heavy atom. The number of carbonyl (C=O) groups excluding carboxylic acids is 1. The van der Waals surface area contributed by atoms with Crippen LogP contribution in [-0.2, 0) is 11.3 Å². The smallest absolute Gasteiger partial charge is 0.239 e. The van der Waals surface area contributed by atoms with E-state index < -0.39 is 0 Å². The van der Waals surface area contributed by atoms with Crippen molar-refractivity contribution in [2.75, 3.05) is 26.2 Å². The number of amides is 1. The van der Waals surface area contributed by atoms with E-state index in [-0.39, 0.29) is 11.9 Å². The molecular weight excluding hydrogens is 256 g/mol. The Hall–Kier alpha value is -1.40. The molecule has 1 fully saturated rings. The van der Waals surface area contributed by atoms with Crippen molar-refractivity contribution in [3.63, 3.8) is 0 Å². The maximum atomic E-state index is 12.1. The molecule has 1 aromatic rings. The van der Waals surface area contributed by atoms with Gasteiger partial charge in [-0.1, -0.05) is 18.5 Å². The summed E-state index contributed by atoms with van der Waals surface area (Å²) in [6.45, 7) is 7.90. The van der Waals surface area contributed by atoms with Gasteiger partial charge >= 0.3 is 0 Å². The molecule has 0 aromatic carbocycles. The monoisotopic (exact) mass is 280 g/mol. The van der Waals surface area contributed by atoms with E-state index in [0.29, 0.717) is 0 Å². The molecule has 0 aliphatic carbocycles. The van der Waals surface area contributed by atoms with Gasteiger partial charge in [0.05, 0.1) is 18.3 Å². The Balaban J connectivity index is 1.78. The molecule has 1 unspecified atom stereocenters. The fraction of sp³-hybridized carbons (Fsp3) is 0.714. The molecular formula is C14H24N4O2. The standard InChI is InChI=1S/C14H24N4O2/c1-3-4-13(15)14(19)18-7-5-17(6-8-18)10-12-9-11(2)16-20-12/h9,13H,3-8,10,15H2,1-2H3. The third-order valence-corrected chi connectivity index (χ3v) is 3.66. The molecule has 1 atom stereocenters. The lowest BCUT2D eigenvalue weighted by atomic mass is 10.1. The van der Waals surface area contributed by atoms with Gasteiger partial charge in [-0.25, -0.2) is 0 Å². The summed E-state index contributed by atoms with van der Waals surface area (Å²) < 4.78 is 5.22. The Morgan fingerprint density at radius 2 is 2.15 bits per heavy atom. The van der Waals surface area contributed by atoms with Crippen LogP contribution in [0, 0.1) is 6.92 Å². The summed E-state index contributed by atoms with van der Waals surface area (Å²) in [5, 5.41) is 3.89. The van der Waals surface area contributed by atoms with Crippen molar-refractivity contribution in [2.24, 2.45) is 5.73 Å². The summed E-state index contributed by atoms with van der Waals surface area (Å²) in [5.41, 5.74) is 6.79.